The van der Waals surface area contributed by atoms with Crippen molar-refractivity contribution in [2.75, 3.05) is 0 Å². The largest absolute Gasteiger partial charge is 0.309 e. The highest BCUT2D eigenvalue weighted by Gasteiger charge is 2.37. The Morgan fingerprint density at radius 1 is 0.387 bits per heavy atom. The number of benzene rings is 9. The van der Waals surface area contributed by atoms with E-state index >= 15 is 0 Å². The molecule has 0 saturated carbocycles. The number of hydrogen-bond donors (Lipinski definition) is 0. The van der Waals surface area contributed by atoms with Crippen LogP contribution in [0.25, 0.3) is 106 Å². The van der Waals surface area contributed by atoms with Crippen molar-refractivity contribution < 1.29 is 0 Å². The quantitative estimate of drug-likeness (QED) is 0.168. The Bertz CT molecular complexity index is 3540. The molecule has 9 aromatic carbocycles. The fourth-order valence-electron chi connectivity index (χ4n) is 10.0. The predicted molar refractivity (Wildman–Crippen MR) is 259 cm³/mol. The summed E-state index contributed by atoms with van der Waals surface area (Å²) in [5.74, 6) is 0.695. The van der Waals surface area contributed by atoms with Crippen molar-refractivity contribution in [2.45, 2.75) is 19.3 Å². The summed E-state index contributed by atoms with van der Waals surface area (Å²) < 4.78 is 2.38. The van der Waals surface area contributed by atoms with Gasteiger partial charge in [0.1, 0.15) is 0 Å². The number of hydrogen-bond acceptors (Lipinski definition) is 2. The average molecular weight is 792 g/mol. The Morgan fingerprint density at radius 3 is 1.82 bits per heavy atom. The van der Waals surface area contributed by atoms with E-state index in [1.807, 2.05) is 6.07 Å². The van der Waals surface area contributed by atoms with E-state index in [0.29, 0.717) is 5.82 Å². The lowest BCUT2D eigenvalue weighted by Crippen LogP contribution is -2.14. The molecule has 12 rings (SSSR count). The van der Waals surface area contributed by atoms with E-state index in [1.165, 1.54) is 71.5 Å². The lowest BCUT2D eigenvalue weighted by atomic mass is 9.81. The molecule has 0 amide bonds. The SMILES string of the molecule is CC1(C)c2cc3ccccc3cc2-c2c(-c3cccc(-c4cc(-c5ccccc5-c5cccc6c5c5ccccc5n6-c5ccccc5)nc(-c5ccccc5)n4)c3)cccc21. The van der Waals surface area contributed by atoms with Crippen LogP contribution in [0.2, 0.25) is 0 Å². The highest BCUT2D eigenvalue weighted by Crippen LogP contribution is 2.53. The van der Waals surface area contributed by atoms with Crippen molar-refractivity contribution in [1.29, 1.82) is 0 Å². The van der Waals surface area contributed by atoms with Gasteiger partial charge in [-0.3, -0.25) is 0 Å². The number of nitrogens with zero attached hydrogens (tertiary/aromatic N) is 3. The standard InChI is InChI=1S/C59H41N3/c1-59(2)50-31-16-29-44(56(50)49-35-39-20-9-10-21-40(39)36-51(49)59)41-22-15-23-42(34-41)52-37-53(61-58(60-52)38-18-5-3-6-19-38)46-27-12-11-26-45(46)47-30-17-33-55-57(47)48-28-13-14-32-54(48)62(55)43-24-7-4-8-25-43/h3-37H,1-2H3. The molecule has 3 nitrogen and oxygen atoms in total. The van der Waals surface area contributed by atoms with Crippen molar-refractivity contribution in [3.05, 3.63) is 223 Å². The molecule has 2 aromatic heterocycles. The van der Waals surface area contributed by atoms with Crippen molar-refractivity contribution in [2.24, 2.45) is 0 Å². The van der Waals surface area contributed by atoms with Gasteiger partial charge < -0.3 is 4.57 Å². The molecule has 0 fully saturated rings. The molecule has 0 unspecified atom stereocenters. The number of aromatic nitrogens is 3. The number of rotatable bonds is 6. The minimum atomic E-state index is -0.122. The van der Waals surface area contributed by atoms with Gasteiger partial charge in [0, 0.05) is 38.6 Å². The molecule has 0 atom stereocenters. The monoisotopic (exact) mass is 791 g/mol. The summed E-state index contributed by atoms with van der Waals surface area (Å²) in [5, 5.41) is 4.98. The van der Waals surface area contributed by atoms with Gasteiger partial charge in [-0.15, -0.1) is 0 Å². The maximum Gasteiger partial charge on any atom is 0.160 e. The van der Waals surface area contributed by atoms with E-state index in [9.17, 15) is 0 Å². The molecule has 1 aliphatic carbocycles. The van der Waals surface area contributed by atoms with Crippen molar-refractivity contribution in [3.63, 3.8) is 0 Å². The summed E-state index contributed by atoms with van der Waals surface area (Å²) in [5.41, 5.74) is 18.3. The zero-order valence-corrected chi connectivity index (χ0v) is 34.5. The van der Waals surface area contributed by atoms with Gasteiger partial charge in [0.15, 0.2) is 5.82 Å². The zero-order chi connectivity index (χ0) is 41.4. The van der Waals surface area contributed by atoms with Gasteiger partial charge in [0.2, 0.25) is 0 Å². The molecule has 0 saturated heterocycles. The summed E-state index contributed by atoms with van der Waals surface area (Å²) in [6, 6.07) is 76.5. The van der Waals surface area contributed by atoms with Crippen LogP contribution >= 0.6 is 0 Å². The van der Waals surface area contributed by atoms with Gasteiger partial charge in [-0.25, -0.2) is 9.97 Å². The molecular formula is C59H41N3. The van der Waals surface area contributed by atoms with E-state index in [4.69, 9.17) is 9.97 Å². The first-order valence-corrected chi connectivity index (χ1v) is 21.4. The second kappa shape index (κ2) is 14.1. The molecule has 1 aliphatic rings. The molecule has 292 valence electrons. The van der Waals surface area contributed by atoms with Gasteiger partial charge in [0.05, 0.1) is 22.4 Å². The Kier molecular flexibility index (Phi) is 8.20. The first-order chi connectivity index (χ1) is 30.5. The molecule has 0 bridgehead atoms. The van der Waals surface area contributed by atoms with Crippen molar-refractivity contribution >= 4 is 32.6 Å². The second-order valence-corrected chi connectivity index (χ2v) is 16.9. The van der Waals surface area contributed by atoms with Crippen LogP contribution in [0.5, 0.6) is 0 Å². The smallest absolute Gasteiger partial charge is 0.160 e. The average Bonchev–Trinajstić information content (AvgIpc) is 3.79. The Morgan fingerprint density at radius 2 is 0.984 bits per heavy atom. The van der Waals surface area contributed by atoms with Gasteiger partial charge in [-0.1, -0.05) is 178 Å². The summed E-state index contributed by atoms with van der Waals surface area (Å²) in [7, 11) is 0. The summed E-state index contributed by atoms with van der Waals surface area (Å²) >= 11 is 0. The van der Waals surface area contributed by atoms with E-state index in [2.05, 4.69) is 225 Å². The minimum absolute atomic E-state index is 0.122. The van der Waals surface area contributed by atoms with Crippen LogP contribution < -0.4 is 0 Å². The third-order valence-electron chi connectivity index (χ3n) is 13.0. The zero-order valence-electron chi connectivity index (χ0n) is 34.5. The molecule has 11 aromatic rings. The van der Waals surface area contributed by atoms with Crippen molar-refractivity contribution in [3.8, 4) is 73.0 Å². The topological polar surface area (TPSA) is 30.7 Å². The van der Waals surface area contributed by atoms with Crippen LogP contribution in [0.4, 0.5) is 0 Å². The maximum atomic E-state index is 5.36. The normalized spacial score (nSPS) is 12.8. The van der Waals surface area contributed by atoms with E-state index in [0.717, 1.165) is 39.3 Å². The molecular weight excluding hydrogens is 751 g/mol. The molecule has 2 heterocycles. The van der Waals surface area contributed by atoms with Gasteiger partial charge >= 0.3 is 0 Å². The minimum Gasteiger partial charge on any atom is -0.309 e. The van der Waals surface area contributed by atoms with Gasteiger partial charge in [-0.2, -0.15) is 0 Å². The molecule has 3 heteroatoms. The molecule has 0 N–H and O–H groups in total. The number of para-hydroxylation sites is 2. The van der Waals surface area contributed by atoms with Crippen LogP contribution in [0.3, 0.4) is 0 Å². The second-order valence-electron chi connectivity index (χ2n) is 16.9. The lowest BCUT2D eigenvalue weighted by Gasteiger charge is -2.22. The summed E-state index contributed by atoms with van der Waals surface area (Å²) in [6.07, 6.45) is 0. The van der Waals surface area contributed by atoms with E-state index in [1.54, 1.807) is 0 Å². The fourth-order valence-corrected chi connectivity index (χ4v) is 10.0. The fraction of sp³-hybridized carbons (Fsp3) is 0.0508. The van der Waals surface area contributed by atoms with Crippen LogP contribution in [-0.2, 0) is 5.41 Å². The van der Waals surface area contributed by atoms with Gasteiger partial charge in [-0.05, 0) is 104 Å². The summed E-state index contributed by atoms with van der Waals surface area (Å²) in [4.78, 5) is 10.7. The molecule has 0 radical (unpaired) electrons. The first-order valence-electron chi connectivity index (χ1n) is 21.4. The van der Waals surface area contributed by atoms with Crippen molar-refractivity contribution in [1.82, 2.24) is 14.5 Å². The first kappa shape index (κ1) is 36.0. The molecule has 0 aliphatic heterocycles. The lowest BCUT2D eigenvalue weighted by molar-refractivity contribution is 0.661. The summed E-state index contributed by atoms with van der Waals surface area (Å²) in [6.45, 7) is 4.72. The highest BCUT2D eigenvalue weighted by atomic mass is 15.0. The van der Waals surface area contributed by atoms with E-state index < -0.39 is 0 Å². The van der Waals surface area contributed by atoms with Crippen LogP contribution in [0.1, 0.15) is 25.0 Å². The van der Waals surface area contributed by atoms with Crippen LogP contribution in [0, 0.1) is 0 Å². The van der Waals surface area contributed by atoms with Gasteiger partial charge in [0.25, 0.3) is 0 Å². The molecule has 62 heavy (non-hydrogen) atoms. The predicted octanol–water partition coefficient (Wildman–Crippen LogP) is 15.4. The third kappa shape index (κ3) is 5.66. The molecule has 0 spiro atoms. The van der Waals surface area contributed by atoms with Crippen LogP contribution in [0.15, 0.2) is 212 Å². The Balaban J connectivity index is 1.04. The Hall–Kier alpha value is -7.88. The third-order valence-corrected chi connectivity index (χ3v) is 13.0. The van der Waals surface area contributed by atoms with Crippen LogP contribution in [-0.4, -0.2) is 14.5 Å². The highest BCUT2D eigenvalue weighted by molar-refractivity contribution is 6.16. The Labute approximate surface area is 361 Å². The maximum absolute atomic E-state index is 5.36. The van der Waals surface area contributed by atoms with E-state index in [-0.39, 0.29) is 5.41 Å². The number of fused-ring (bicyclic) bond motifs is 7.